The third kappa shape index (κ3) is 5.21. The minimum atomic E-state index is -0.286. The highest BCUT2D eigenvalue weighted by atomic mass is 32.1. The highest BCUT2D eigenvalue weighted by Crippen LogP contribution is 2.47. The fourth-order valence-electron chi connectivity index (χ4n) is 3.49. The Labute approximate surface area is 191 Å². The molecule has 4 aromatic rings. The fraction of sp³-hybridized carbons (Fsp3) is 0.231. The predicted octanol–water partition coefficient (Wildman–Crippen LogP) is 6.93. The number of hydrogen-bond acceptors (Lipinski definition) is 5. The van der Waals surface area contributed by atoms with Gasteiger partial charge in [-0.1, -0.05) is 19.1 Å². The molecule has 166 valence electrons. The average molecular weight is 452 g/mol. The largest absolute Gasteiger partial charge is 0.508 e. The number of benzene rings is 3. The molecule has 1 heterocycles. The summed E-state index contributed by atoms with van der Waals surface area (Å²) in [5, 5.41) is 10.8. The van der Waals surface area contributed by atoms with Gasteiger partial charge >= 0.3 is 0 Å². The molecular formula is C26H26FNO3S. The number of thiophene rings is 1. The summed E-state index contributed by atoms with van der Waals surface area (Å²) in [4.78, 5) is 3.12. The van der Waals surface area contributed by atoms with E-state index in [9.17, 15) is 9.50 Å². The van der Waals surface area contributed by atoms with Crippen molar-refractivity contribution in [3.05, 3.63) is 72.5 Å². The lowest BCUT2D eigenvalue weighted by atomic mass is 10.1. The van der Waals surface area contributed by atoms with Crippen molar-refractivity contribution in [2.24, 2.45) is 0 Å². The Kier molecular flexibility index (Phi) is 6.93. The fourth-order valence-corrected chi connectivity index (χ4v) is 4.66. The summed E-state index contributed by atoms with van der Waals surface area (Å²) in [6.07, 6.45) is 1.12. The second-order valence-corrected chi connectivity index (χ2v) is 8.73. The van der Waals surface area contributed by atoms with Crippen LogP contribution >= 0.6 is 11.3 Å². The van der Waals surface area contributed by atoms with Crippen LogP contribution in [-0.4, -0.2) is 36.8 Å². The van der Waals surface area contributed by atoms with Gasteiger partial charge < -0.3 is 19.5 Å². The van der Waals surface area contributed by atoms with Gasteiger partial charge in [0.05, 0.1) is 4.88 Å². The van der Waals surface area contributed by atoms with Crippen LogP contribution in [0.3, 0.4) is 0 Å². The number of ether oxygens (including phenoxy) is 2. The molecule has 32 heavy (non-hydrogen) atoms. The van der Waals surface area contributed by atoms with Crippen molar-refractivity contribution < 1.29 is 19.0 Å². The van der Waals surface area contributed by atoms with Crippen LogP contribution in [0.2, 0.25) is 0 Å². The Bertz CT molecular complexity index is 1170. The summed E-state index contributed by atoms with van der Waals surface area (Å²) in [6, 6.07) is 19.1. The Balaban J connectivity index is 1.55. The SMILES string of the molecule is CCCN(C)CCOc1ccc(Oc2c(-c3ccc(F)cc3)sc3cc(O)ccc23)cc1. The van der Waals surface area contributed by atoms with Crippen molar-refractivity contribution in [1.82, 2.24) is 4.90 Å². The number of likely N-dealkylation sites (N-methyl/N-ethyl adjacent to an activating group) is 1. The number of fused-ring (bicyclic) bond motifs is 1. The lowest BCUT2D eigenvalue weighted by molar-refractivity contribution is 0.237. The van der Waals surface area contributed by atoms with Crippen LogP contribution in [-0.2, 0) is 0 Å². The molecule has 6 heteroatoms. The monoisotopic (exact) mass is 451 g/mol. The van der Waals surface area contributed by atoms with E-state index in [1.807, 2.05) is 30.3 Å². The number of phenolic OH excluding ortho intramolecular Hbond substituents is 1. The summed E-state index contributed by atoms with van der Waals surface area (Å²) in [5.41, 5.74) is 0.859. The lowest BCUT2D eigenvalue weighted by Crippen LogP contribution is -2.24. The van der Waals surface area contributed by atoms with Crippen LogP contribution in [0.25, 0.3) is 20.5 Å². The first-order chi connectivity index (χ1) is 15.5. The maximum Gasteiger partial charge on any atom is 0.153 e. The van der Waals surface area contributed by atoms with E-state index >= 15 is 0 Å². The van der Waals surface area contributed by atoms with Crippen molar-refractivity contribution in [2.45, 2.75) is 13.3 Å². The number of hydrogen-bond donors (Lipinski definition) is 1. The molecular weight excluding hydrogens is 425 g/mol. The van der Waals surface area contributed by atoms with Crippen LogP contribution in [0.1, 0.15) is 13.3 Å². The van der Waals surface area contributed by atoms with Crippen LogP contribution in [0.15, 0.2) is 66.7 Å². The van der Waals surface area contributed by atoms with E-state index in [2.05, 4.69) is 18.9 Å². The second kappa shape index (κ2) is 10.0. The minimum absolute atomic E-state index is 0.196. The van der Waals surface area contributed by atoms with E-state index in [0.29, 0.717) is 18.1 Å². The average Bonchev–Trinajstić information content (AvgIpc) is 3.13. The molecule has 0 aliphatic rings. The van der Waals surface area contributed by atoms with E-state index in [-0.39, 0.29) is 11.6 Å². The molecule has 0 bridgehead atoms. The number of phenols is 1. The zero-order chi connectivity index (χ0) is 22.5. The first-order valence-corrected chi connectivity index (χ1v) is 11.5. The molecule has 0 unspecified atom stereocenters. The summed E-state index contributed by atoms with van der Waals surface area (Å²) < 4.78 is 26.5. The quantitative estimate of drug-likeness (QED) is 0.300. The van der Waals surface area contributed by atoms with Crippen LogP contribution in [0, 0.1) is 5.82 Å². The second-order valence-electron chi connectivity index (χ2n) is 7.67. The zero-order valence-electron chi connectivity index (χ0n) is 18.2. The zero-order valence-corrected chi connectivity index (χ0v) is 19.0. The molecule has 0 fully saturated rings. The van der Waals surface area contributed by atoms with Gasteiger partial charge in [0.15, 0.2) is 5.75 Å². The van der Waals surface area contributed by atoms with Crippen LogP contribution in [0.4, 0.5) is 4.39 Å². The summed E-state index contributed by atoms with van der Waals surface area (Å²) >= 11 is 1.50. The molecule has 0 aliphatic heterocycles. The Morgan fingerprint density at radius 1 is 0.938 bits per heavy atom. The van der Waals surface area contributed by atoms with Crippen molar-refractivity contribution in [3.8, 4) is 33.4 Å². The van der Waals surface area contributed by atoms with Crippen LogP contribution in [0.5, 0.6) is 23.0 Å². The summed E-state index contributed by atoms with van der Waals surface area (Å²) in [5.74, 6) is 2.07. The Morgan fingerprint density at radius 3 is 2.38 bits per heavy atom. The molecule has 0 atom stereocenters. The van der Waals surface area contributed by atoms with Crippen molar-refractivity contribution in [2.75, 3.05) is 26.7 Å². The summed E-state index contributed by atoms with van der Waals surface area (Å²) in [6.45, 7) is 4.72. The topological polar surface area (TPSA) is 41.9 Å². The van der Waals surface area contributed by atoms with E-state index < -0.39 is 0 Å². The molecule has 1 aromatic heterocycles. The molecule has 0 spiro atoms. The molecule has 4 rings (SSSR count). The van der Waals surface area contributed by atoms with E-state index in [1.54, 1.807) is 24.3 Å². The van der Waals surface area contributed by atoms with Gasteiger partial charge in [-0.3, -0.25) is 0 Å². The smallest absolute Gasteiger partial charge is 0.153 e. The Hall–Kier alpha value is -3.09. The van der Waals surface area contributed by atoms with E-state index in [1.165, 1.54) is 23.5 Å². The molecule has 3 aromatic carbocycles. The maximum atomic E-state index is 13.4. The van der Waals surface area contributed by atoms with Gasteiger partial charge in [-0.2, -0.15) is 0 Å². The van der Waals surface area contributed by atoms with Crippen molar-refractivity contribution >= 4 is 21.4 Å². The first-order valence-electron chi connectivity index (χ1n) is 10.6. The highest BCUT2D eigenvalue weighted by molar-refractivity contribution is 7.22. The van der Waals surface area contributed by atoms with Gasteiger partial charge in [-0.05, 0) is 80.2 Å². The van der Waals surface area contributed by atoms with Crippen molar-refractivity contribution in [3.63, 3.8) is 0 Å². The van der Waals surface area contributed by atoms with Gasteiger partial charge in [0.1, 0.15) is 29.7 Å². The third-order valence-electron chi connectivity index (χ3n) is 5.13. The summed E-state index contributed by atoms with van der Waals surface area (Å²) in [7, 11) is 2.09. The van der Waals surface area contributed by atoms with Gasteiger partial charge in [-0.25, -0.2) is 4.39 Å². The lowest BCUT2D eigenvalue weighted by Gasteiger charge is -2.16. The van der Waals surface area contributed by atoms with E-state index in [0.717, 1.165) is 45.8 Å². The van der Waals surface area contributed by atoms with Crippen molar-refractivity contribution in [1.29, 1.82) is 0 Å². The maximum absolute atomic E-state index is 13.4. The predicted molar refractivity (Wildman–Crippen MR) is 129 cm³/mol. The molecule has 0 aliphatic carbocycles. The van der Waals surface area contributed by atoms with Gasteiger partial charge in [0.25, 0.3) is 0 Å². The number of nitrogens with zero attached hydrogens (tertiary/aromatic N) is 1. The minimum Gasteiger partial charge on any atom is -0.508 e. The molecule has 0 saturated carbocycles. The molecule has 4 nitrogen and oxygen atoms in total. The standard InChI is InChI=1S/C26H26FNO3S/c1-3-14-28(2)15-16-30-21-9-11-22(12-10-21)31-25-23-13-8-20(29)17-24(23)32-26(25)18-4-6-19(27)7-5-18/h4-13,17,29H,3,14-16H2,1-2H3. The number of rotatable bonds is 9. The third-order valence-corrected chi connectivity index (χ3v) is 6.31. The highest BCUT2D eigenvalue weighted by Gasteiger charge is 2.17. The normalized spacial score (nSPS) is 11.2. The van der Waals surface area contributed by atoms with Gasteiger partial charge in [0.2, 0.25) is 0 Å². The molecule has 0 amide bonds. The number of halogens is 1. The molecule has 1 N–H and O–H groups in total. The van der Waals surface area contributed by atoms with Gasteiger partial charge in [-0.15, -0.1) is 11.3 Å². The molecule has 0 radical (unpaired) electrons. The Morgan fingerprint density at radius 2 is 1.66 bits per heavy atom. The number of aromatic hydroxyl groups is 1. The van der Waals surface area contributed by atoms with E-state index in [4.69, 9.17) is 9.47 Å². The van der Waals surface area contributed by atoms with Crippen LogP contribution < -0.4 is 9.47 Å². The first kappa shape index (κ1) is 22.1. The molecule has 0 saturated heterocycles. The van der Waals surface area contributed by atoms with Gasteiger partial charge in [0, 0.05) is 16.6 Å².